The molecule has 1 aliphatic rings. The molecular weight excluding hydrogens is 562 g/mol. The van der Waals surface area contributed by atoms with Gasteiger partial charge in [0.2, 0.25) is 0 Å². The van der Waals surface area contributed by atoms with E-state index in [-0.39, 0.29) is 18.4 Å². The summed E-state index contributed by atoms with van der Waals surface area (Å²) >= 11 is 0. The molecule has 0 spiro atoms. The van der Waals surface area contributed by atoms with Gasteiger partial charge >= 0.3 is 11.9 Å². The third-order valence-electron chi connectivity index (χ3n) is 9.13. The minimum atomic E-state index is -0.730. The molecule has 0 fully saturated rings. The summed E-state index contributed by atoms with van der Waals surface area (Å²) in [5.74, 6) is -1.46. The number of carboxylic acids is 2. The van der Waals surface area contributed by atoms with Crippen LogP contribution in [0.1, 0.15) is 67.3 Å². The van der Waals surface area contributed by atoms with Crippen LogP contribution in [0.25, 0.3) is 27.4 Å². The van der Waals surface area contributed by atoms with Crippen LogP contribution in [-0.4, -0.2) is 51.1 Å². The largest absolute Gasteiger partial charge is 0.481 e. The molecule has 1 atom stereocenters. The van der Waals surface area contributed by atoms with Crippen LogP contribution >= 0.6 is 0 Å². The lowest BCUT2D eigenvalue weighted by atomic mass is 9.75. The van der Waals surface area contributed by atoms with Crippen LogP contribution < -0.4 is 0 Å². The average Bonchev–Trinajstić information content (AvgIpc) is 3.63. The molecule has 1 unspecified atom stereocenters. The standard InChI is InChI=1S/C26H30N2O2.C12H13NO2/c1-28(2)26(20-9-4-3-5-10-20)17-15-19(16-18-26)25-22(12-8-14-24(29)30)21-11-6-7-13-23(21)27-25;14-12(15)7-3-4-9-8-13-11-6-2-1-5-10(9)11/h3-7,9-11,13,15,27H,8,12,14,16-18H2,1-2H3,(H,29,30);1-2,5-6,8,13H,3-4,7H2,(H,14,15). The van der Waals surface area contributed by atoms with Crippen LogP contribution in [0, 0.1) is 0 Å². The normalized spacial score (nSPS) is 16.4. The molecule has 2 aromatic heterocycles. The topological polar surface area (TPSA) is 109 Å². The van der Waals surface area contributed by atoms with Crippen LogP contribution in [-0.2, 0) is 28.0 Å². The van der Waals surface area contributed by atoms with Gasteiger partial charge in [-0.1, -0.05) is 72.8 Å². The highest BCUT2D eigenvalue weighted by molar-refractivity contribution is 5.89. The number of benzene rings is 3. The highest BCUT2D eigenvalue weighted by Gasteiger charge is 2.36. The Morgan fingerprint density at radius 1 is 0.800 bits per heavy atom. The maximum Gasteiger partial charge on any atom is 0.303 e. The second-order valence-corrected chi connectivity index (χ2v) is 12.1. The second kappa shape index (κ2) is 14.4. The van der Waals surface area contributed by atoms with Crippen molar-refractivity contribution < 1.29 is 19.8 Å². The van der Waals surface area contributed by atoms with E-state index in [1.807, 2.05) is 30.5 Å². The summed E-state index contributed by atoms with van der Waals surface area (Å²) < 4.78 is 0. The predicted molar refractivity (Wildman–Crippen MR) is 181 cm³/mol. The van der Waals surface area contributed by atoms with Crippen LogP contribution in [0.15, 0.2) is 91.1 Å². The molecule has 1 aliphatic carbocycles. The number of aryl methyl sites for hydroxylation is 2. The number of aromatic amines is 2. The van der Waals surface area contributed by atoms with Gasteiger partial charge in [0.1, 0.15) is 0 Å². The molecule has 234 valence electrons. The number of carboxylic acid groups (broad SMARTS) is 2. The number of carbonyl (C=O) groups is 2. The maximum absolute atomic E-state index is 11.0. The number of aliphatic carboxylic acids is 2. The Morgan fingerprint density at radius 2 is 1.42 bits per heavy atom. The number of allylic oxidation sites excluding steroid dienone is 1. The highest BCUT2D eigenvalue weighted by Crippen LogP contribution is 2.44. The van der Waals surface area contributed by atoms with Crippen molar-refractivity contribution in [2.24, 2.45) is 0 Å². The molecule has 5 aromatic rings. The Balaban J connectivity index is 0.000000223. The molecule has 6 rings (SSSR count). The maximum atomic E-state index is 11.0. The summed E-state index contributed by atoms with van der Waals surface area (Å²) in [7, 11) is 4.35. The fraction of sp³-hybridized carbons (Fsp3) is 0.316. The molecule has 3 aromatic carbocycles. The first-order chi connectivity index (χ1) is 21.8. The van der Waals surface area contributed by atoms with E-state index in [2.05, 4.69) is 89.6 Å². The molecule has 0 amide bonds. The van der Waals surface area contributed by atoms with Gasteiger partial charge in [-0.05, 0) is 93.4 Å². The molecule has 0 saturated heterocycles. The Bertz CT molecular complexity index is 1780. The predicted octanol–water partition coefficient (Wildman–Crippen LogP) is 8.17. The zero-order valence-electron chi connectivity index (χ0n) is 26.2. The van der Waals surface area contributed by atoms with Crippen LogP contribution in [0.4, 0.5) is 0 Å². The van der Waals surface area contributed by atoms with Gasteiger partial charge in [-0.3, -0.25) is 14.5 Å². The first-order valence-corrected chi connectivity index (χ1v) is 15.8. The second-order valence-electron chi connectivity index (χ2n) is 12.1. The molecular formula is C38H43N3O4. The van der Waals surface area contributed by atoms with Gasteiger partial charge in [-0.15, -0.1) is 0 Å². The molecule has 4 N–H and O–H groups in total. The Morgan fingerprint density at radius 3 is 2.07 bits per heavy atom. The number of hydrogen-bond donors (Lipinski definition) is 4. The molecule has 0 bridgehead atoms. The number of aromatic nitrogens is 2. The van der Waals surface area contributed by atoms with Gasteiger partial charge in [0.25, 0.3) is 0 Å². The monoisotopic (exact) mass is 605 g/mol. The molecule has 0 saturated carbocycles. The number of fused-ring (bicyclic) bond motifs is 2. The molecule has 2 heterocycles. The summed E-state index contributed by atoms with van der Waals surface area (Å²) in [6.45, 7) is 0. The first kappa shape index (κ1) is 31.8. The van der Waals surface area contributed by atoms with Crippen LogP contribution in [0.2, 0.25) is 0 Å². The van der Waals surface area contributed by atoms with Gasteiger partial charge in [0.05, 0.1) is 0 Å². The van der Waals surface area contributed by atoms with E-state index in [4.69, 9.17) is 10.2 Å². The van der Waals surface area contributed by atoms with Crippen molar-refractivity contribution >= 4 is 39.3 Å². The molecule has 7 heteroatoms. The fourth-order valence-corrected chi connectivity index (χ4v) is 6.66. The Kier molecular flexibility index (Phi) is 10.2. The number of nitrogens with zero attached hydrogens (tertiary/aromatic N) is 1. The van der Waals surface area contributed by atoms with Gasteiger partial charge in [-0.2, -0.15) is 0 Å². The zero-order valence-corrected chi connectivity index (χ0v) is 26.2. The fourth-order valence-electron chi connectivity index (χ4n) is 6.66. The lowest BCUT2D eigenvalue weighted by molar-refractivity contribution is -0.138. The van der Waals surface area contributed by atoms with Crippen molar-refractivity contribution in [2.75, 3.05) is 14.1 Å². The van der Waals surface area contributed by atoms with E-state index in [9.17, 15) is 9.59 Å². The molecule has 45 heavy (non-hydrogen) atoms. The first-order valence-electron chi connectivity index (χ1n) is 15.8. The summed E-state index contributed by atoms with van der Waals surface area (Å²) in [6, 6.07) is 27.2. The van der Waals surface area contributed by atoms with Gasteiger partial charge in [0, 0.05) is 52.1 Å². The summed E-state index contributed by atoms with van der Waals surface area (Å²) in [6.07, 6.45) is 10.7. The third-order valence-corrected chi connectivity index (χ3v) is 9.13. The lowest BCUT2D eigenvalue weighted by Crippen LogP contribution is -2.42. The van der Waals surface area contributed by atoms with Crippen molar-refractivity contribution in [2.45, 2.75) is 63.3 Å². The quantitative estimate of drug-likeness (QED) is 0.121. The van der Waals surface area contributed by atoms with Crippen molar-refractivity contribution in [3.63, 3.8) is 0 Å². The third kappa shape index (κ3) is 7.37. The number of H-pyrrole nitrogens is 2. The summed E-state index contributed by atoms with van der Waals surface area (Å²) in [5, 5.41) is 20.0. The summed E-state index contributed by atoms with van der Waals surface area (Å²) in [5.41, 5.74) is 8.63. The average molecular weight is 606 g/mol. The summed E-state index contributed by atoms with van der Waals surface area (Å²) in [4.78, 5) is 30.6. The number of nitrogens with one attached hydrogen (secondary N) is 2. The van der Waals surface area contributed by atoms with Crippen molar-refractivity contribution in [1.82, 2.24) is 14.9 Å². The van der Waals surface area contributed by atoms with E-state index in [1.165, 1.54) is 38.7 Å². The Labute approximate surface area is 264 Å². The minimum Gasteiger partial charge on any atom is -0.481 e. The number of hydrogen-bond acceptors (Lipinski definition) is 3. The smallest absolute Gasteiger partial charge is 0.303 e. The van der Waals surface area contributed by atoms with Gasteiger partial charge in [-0.25, -0.2) is 0 Å². The van der Waals surface area contributed by atoms with Crippen molar-refractivity contribution in [1.29, 1.82) is 0 Å². The molecule has 0 radical (unpaired) electrons. The van der Waals surface area contributed by atoms with E-state index >= 15 is 0 Å². The number of para-hydroxylation sites is 2. The lowest BCUT2D eigenvalue weighted by Gasteiger charge is -2.43. The van der Waals surface area contributed by atoms with E-state index in [0.29, 0.717) is 12.8 Å². The number of rotatable bonds is 11. The van der Waals surface area contributed by atoms with Crippen molar-refractivity contribution in [3.8, 4) is 0 Å². The molecule has 7 nitrogen and oxygen atoms in total. The molecule has 0 aliphatic heterocycles. The minimum absolute atomic E-state index is 0.0141. The van der Waals surface area contributed by atoms with E-state index < -0.39 is 11.9 Å². The Hall–Kier alpha value is -4.62. The SMILES string of the molecule is CN(C)C1(c2ccccc2)CC=C(c2[nH]c3ccccc3c2CCCC(=O)O)CC1.O=C(O)CCCc1c[nH]c2ccccc12. The highest BCUT2D eigenvalue weighted by atomic mass is 16.4. The van der Waals surface area contributed by atoms with E-state index in [0.717, 1.165) is 43.1 Å². The van der Waals surface area contributed by atoms with Crippen LogP contribution in [0.5, 0.6) is 0 Å². The zero-order chi connectivity index (χ0) is 31.8. The van der Waals surface area contributed by atoms with Gasteiger partial charge < -0.3 is 20.2 Å². The van der Waals surface area contributed by atoms with Gasteiger partial charge in [0.15, 0.2) is 0 Å². The van der Waals surface area contributed by atoms with Crippen molar-refractivity contribution in [3.05, 3.63) is 114 Å². The van der Waals surface area contributed by atoms with Crippen LogP contribution in [0.3, 0.4) is 0 Å². The van der Waals surface area contributed by atoms with E-state index in [1.54, 1.807) is 0 Å².